The van der Waals surface area contributed by atoms with Gasteiger partial charge in [-0.15, -0.1) is 0 Å². The number of aromatic nitrogens is 1. The monoisotopic (exact) mass is 1280 g/mol. The zero-order valence-corrected chi connectivity index (χ0v) is 55.9. The number of cyclic esters (lactones) is 2. The summed E-state index contributed by atoms with van der Waals surface area (Å²) in [6, 6.07) is -8.93. The van der Waals surface area contributed by atoms with Gasteiger partial charge in [-0.2, -0.15) is 0 Å². The number of anilines is 1. The number of carbonyl (C=O) groups is 12. The smallest absolute Gasteiger partial charge is 0.329 e. The number of nitrogen functional groups attached to an aromatic ring is 1. The second-order valence-corrected chi connectivity index (χ2v) is 26.5. The molecule has 28 nitrogen and oxygen atoms in total. The molecule has 1 aliphatic carbocycles. The molecular weight excluding hydrogens is 1190 g/mol. The molecule has 10 amide bonds. The molecule has 6 aliphatic rings. The summed E-state index contributed by atoms with van der Waals surface area (Å²) in [5.41, 5.74) is 3.58. The maximum absolute atomic E-state index is 15.2. The number of benzene rings is 2. The molecule has 1 aromatic carbocycles. The number of fused-ring (bicyclic) bond motifs is 4. The van der Waals surface area contributed by atoms with Crippen LogP contribution in [0, 0.1) is 37.5 Å². The van der Waals surface area contributed by atoms with Crippen LogP contribution in [0.1, 0.15) is 141 Å². The first-order chi connectivity index (χ1) is 42.9. The molecular formula is C64H90N12O16. The minimum Gasteiger partial charge on any atom is -0.458 e. The van der Waals surface area contributed by atoms with Crippen molar-refractivity contribution in [3.05, 3.63) is 44.6 Å². The lowest BCUT2D eigenvalue weighted by molar-refractivity contribution is -0.163. The third-order valence-corrected chi connectivity index (χ3v) is 18.3. The van der Waals surface area contributed by atoms with Crippen molar-refractivity contribution >= 4 is 87.8 Å². The van der Waals surface area contributed by atoms with Gasteiger partial charge in [0.15, 0.2) is 11.3 Å². The van der Waals surface area contributed by atoms with E-state index >= 15 is 9.59 Å². The van der Waals surface area contributed by atoms with E-state index in [1.54, 1.807) is 76.2 Å². The lowest BCUT2D eigenvalue weighted by atomic mass is 9.98. The zero-order chi connectivity index (χ0) is 68.7. The topological polar surface area (TPSA) is 360 Å². The Balaban J connectivity index is 1.33. The molecule has 0 bridgehead atoms. The van der Waals surface area contributed by atoms with E-state index < -0.39 is 203 Å². The van der Waals surface area contributed by atoms with Crippen LogP contribution in [0.5, 0.6) is 0 Å². The molecule has 5 aliphatic heterocycles. The van der Waals surface area contributed by atoms with Gasteiger partial charge in [-0.1, -0.05) is 61.5 Å². The highest BCUT2D eigenvalue weighted by Gasteiger charge is 2.48. The number of aryl methyl sites for hydroxylation is 1. The molecule has 1 aromatic rings. The van der Waals surface area contributed by atoms with Crippen LogP contribution in [0.15, 0.2) is 21.3 Å². The third-order valence-electron chi connectivity index (χ3n) is 18.3. The van der Waals surface area contributed by atoms with Crippen LogP contribution in [-0.4, -0.2) is 219 Å². The van der Waals surface area contributed by atoms with Gasteiger partial charge < -0.3 is 70.3 Å². The summed E-state index contributed by atoms with van der Waals surface area (Å²) in [7, 11) is 5.60. The van der Waals surface area contributed by atoms with E-state index in [0.717, 1.165) is 9.80 Å². The molecule has 0 radical (unpaired) electrons. The summed E-state index contributed by atoms with van der Waals surface area (Å²) < 4.78 is 18.4. The van der Waals surface area contributed by atoms with E-state index in [1.807, 2.05) is 0 Å². The fourth-order valence-electron chi connectivity index (χ4n) is 12.9. The number of esters is 2. The predicted octanol–water partition coefficient (Wildman–Crippen LogP) is 1.50. The molecule has 12 atom stereocenters. The minimum absolute atomic E-state index is 0.0777. The molecule has 0 spiro atoms. The number of hydrogen-bond donors (Lipinski definition) is 5. The van der Waals surface area contributed by atoms with Gasteiger partial charge in [0.05, 0.1) is 29.9 Å². The quantitative estimate of drug-likeness (QED) is 0.121. The third kappa shape index (κ3) is 13.9. The summed E-state index contributed by atoms with van der Waals surface area (Å²) in [6.45, 7) is 21.6. The molecule has 0 aromatic heterocycles. The van der Waals surface area contributed by atoms with Gasteiger partial charge in [-0.3, -0.25) is 52.7 Å². The standard InChI is InChI=1S/C64H90N12O16/c1-27(2)44-61(86)75-32(10)20-23-38(75)59(84)71(15)25-40(77)73(17)50(29(5)6)63(88)90-35(13)46(57(82)67-44)69-55(80)37-22-19-31(9)53-48(37)66-49-42(43(65)52(79)34(12)54(49)92-53)56(81)70-47-36(14)91-64(89)51(30(7)8)74(18)41(78)26-72(16)60(85)39-24-21-33(11)76(39)62(87)45(28(3)4)68-58(47)83/h19,22,27-30,32-33,35-36,38-39,44-47,50-51H,20-21,23-26,65H2,1-18H3,(H,67,82)(H,68,83)(H,69,80)(H,70,81). The number of hydrogen-bond acceptors (Lipinski definition) is 18. The van der Waals surface area contributed by atoms with E-state index in [2.05, 4.69) is 21.3 Å². The molecule has 28 heteroatoms. The van der Waals surface area contributed by atoms with E-state index in [1.165, 1.54) is 80.7 Å². The maximum atomic E-state index is 15.2. The van der Waals surface area contributed by atoms with Gasteiger partial charge in [-0.25, -0.2) is 14.6 Å². The summed E-state index contributed by atoms with van der Waals surface area (Å²) in [4.78, 5) is 201. The Hall–Kier alpha value is -8.72. The average molecular weight is 1280 g/mol. The number of likely N-dealkylation sites (N-methyl/N-ethyl adjacent to an activating group) is 4. The predicted molar refractivity (Wildman–Crippen MR) is 335 cm³/mol. The zero-order valence-electron chi connectivity index (χ0n) is 55.9. The van der Waals surface area contributed by atoms with Crippen molar-refractivity contribution in [2.75, 3.05) is 47.0 Å². The number of nitrogens with zero attached hydrogens (tertiary/aromatic N) is 7. The van der Waals surface area contributed by atoms with Crippen molar-refractivity contribution < 1.29 is 71.4 Å². The molecule has 502 valence electrons. The Labute approximate surface area is 535 Å². The fourth-order valence-corrected chi connectivity index (χ4v) is 12.9. The summed E-state index contributed by atoms with van der Waals surface area (Å²) in [5, 5.41) is 10.7. The van der Waals surface area contributed by atoms with Gasteiger partial charge in [0.25, 0.3) is 11.8 Å². The van der Waals surface area contributed by atoms with Crippen molar-refractivity contribution in [1.29, 1.82) is 0 Å². The number of nitrogens with two attached hydrogens (primary N) is 1. The first-order valence-corrected chi connectivity index (χ1v) is 31.4. The first kappa shape index (κ1) is 70.7. The molecule has 12 unspecified atom stereocenters. The SMILES string of the molecule is Cc1c2oc3c(C)ccc(C(=O)NC4C(=O)NC(C(C)C)C(=O)N5C(C)CCC5C(=O)N(C)CC(=O)N(C)C(C(C)C)C(=O)OC4C)c3nc-2c(C(=O)NC2C(=O)NC(C(C)C)C(=O)N3C(C)CCC3C(=O)N(C)CC(=O)N(C)C(C(C)C)C(=O)OC2C)c(N)c1=O. The number of nitrogens with one attached hydrogen (secondary N) is 4. The number of amides is 10. The molecule has 6 N–H and O–H groups in total. The second-order valence-electron chi connectivity index (χ2n) is 26.5. The van der Waals surface area contributed by atoms with Crippen LogP contribution in [0.25, 0.3) is 22.6 Å². The lowest BCUT2D eigenvalue weighted by Gasteiger charge is -2.37. The van der Waals surface area contributed by atoms with Gasteiger partial charge in [0, 0.05) is 45.8 Å². The van der Waals surface area contributed by atoms with E-state index in [4.69, 9.17) is 24.6 Å². The Kier molecular flexibility index (Phi) is 21.5. The Morgan fingerprint density at radius 2 is 1.00 bits per heavy atom. The van der Waals surface area contributed by atoms with Crippen LogP contribution in [0.4, 0.5) is 5.69 Å². The van der Waals surface area contributed by atoms with Crippen molar-refractivity contribution in [1.82, 2.24) is 55.7 Å². The molecule has 0 saturated carbocycles. The molecule has 4 fully saturated rings. The normalized spacial score (nSPS) is 27.5. The van der Waals surface area contributed by atoms with Crippen LogP contribution in [0.2, 0.25) is 0 Å². The van der Waals surface area contributed by atoms with Crippen LogP contribution in [-0.2, 0) is 57.4 Å². The number of ether oxygens (including phenoxy) is 2. The van der Waals surface area contributed by atoms with E-state index in [-0.39, 0.29) is 40.8 Å². The Bertz CT molecular complexity index is 3490. The Morgan fingerprint density at radius 3 is 1.40 bits per heavy atom. The highest BCUT2D eigenvalue weighted by atomic mass is 16.6. The van der Waals surface area contributed by atoms with Crippen LogP contribution < -0.4 is 32.4 Å². The fraction of sp³-hybridized carbons (Fsp3) is 0.625. The lowest BCUT2D eigenvalue weighted by Crippen LogP contribution is -2.62. The van der Waals surface area contributed by atoms with Crippen molar-refractivity contribution in [2.24, 2.45) is 23.7 Å². The van der Waals surface area contributed by atoms with Crippen molar-refractivity contribution in [3.63, 3.8) is 0 Å². The maximum Gasteiger partial charge on any atom is 0.329 e. The number of carbonyl (C=O) groups excluding carboxylic acids is 12. The van der Waals surface area contributed by atoms with Crippen LogP contribution in [0.3, 0.4) is 0 Å². The van der Waals surface area contributed by atoms with E-state index in [9.17, 15) is 52.7 Å². The van der Waals surface area contributed by atoms with Crippen molar-refractivity contribution in [2.45, 2.75) is 195 Å². The highest BCUT2D eigenvalue weighted by molar-refractivity contribution is 6.10. The Morgan fingerprint density at radius 1 is 0.587 bits per heavy atom. The highest BCUT2D eigenvalue weighted by Crippen LogP contribution is 2.36. The summed E-state index contributed by atoms with van der Waals surface area (Å²) in [5.74, 6) is -12.4. The first-order valence-electron chi connectivity index (χ1n) is 31.4. The van der Waals surface area contributed by atoms with Gasteiger partial charge in [0.2, 0.25) is 52.7 Å². The van der Waals surface area contributed by atoms with Gasteiger partial charge >= 0.3 is 11.9 Å². The summed E-state index contributed by atoms with van der Waals surface area (Å²) in [6.07, 6.45) is -1.72. The minimum atomic E-state index is -1.89. The molecule has 92 heavy (non-hydrogen) atoms. The molecule has 5 heterocycles. The summed E-state index contributed by atoms with van der Waals surface area (Å²) >= 11 is 0. The van der Waals surface area contributed by atoms with Crippen LogP contribution >= 0.6 is 0 Å². The second kappa shape index (κ2) is 28.0. The van der Waals surface area contributed by atoms with Gasteiger partial charge in [0.1, 0.15) is 71.8 Å². The van der Waals surface area contributed by atoms with Gasteiger partial charge in [-0.05, 0) is 103 Å². The molecule has 7 rings (SSSR count). The largest absolute Gasteiger partial charge is 0.458 e. The number of rotatable bonds is 8. The average Bonchev–Trinajstić information content (AvgIpc) is 0.926. The van der Waals surface area contributed by atoms with E-state index in [0.29, 0.717) is 18.4 Å². The van der Waals surface area contributed by atoms with Crippen molar-refractivity contribution in [3.8, 4) is 11.5 Å². The molecule has 4 saturated heterocycles.